The maximum Gasteiger partial charge on any atom is 0.321 e. The van der Waals surface area contributed by atoms with Crippen LogP contribution >= 0.6 is 0 Å². The summed E-state index contributed by atoms with van der Waals surface area (Å²) in [6.45, 7) is 2.42. The van der Waals surface area contributed by atoms with E-state index in [0.717, 1.165) is 4.31 Å². The summed E-state index contributed by atoms with van der Waals surface area (Å²) in [7, 11) is -3.92. The molecule has 0 aliphatic heterocycles. The molecule has 1 amide bonds. The number of rotatable bonds is 8. The predicted molar refractivity (Wildman–Crippen MR) is 86.3 cm³/mol. The highest BCUT2D eigenvalue weighted by molar-refractivity contribution is 7.88. The van der Waals surface area contributed by atoms with Gasteiger partial charge in [-0.05, 0) is 24.6 Å². The second kappa shape index (κ2) is 8.42. The van der Waals surface area contributed by atoms with Crippen LogP contribution in [0.15, 0.2) is 24.3 Å². The number of amides is 1. The van der Waals surface area contributed by atoms with Crippen molar-refractivity contribution in [2.24, 2.45) is 0 Å². The zero-order valence-electron chi connectivity index (χ0n) is 13.4. The van der Waals surface area contributed by atoms with Crippen LogP contribution in [-0.2, 0) is 25.4 Å². The van der Waals surface area contributed by atoms with E-state index in [-0.39, 0.29) is 19.0 Å². The number of hydrogen-bond acceptors (Lipinski definition) is 5. The number of nitriles is 1. The molecule has 0 saturated carbocycles. The van der Waals surface area contributed by atoms with Crippen LogP contribution in [0.1, 0.15) is 25.0 Å². The fraction of sp³-hybridized carbons (Fsp3) is 0.400. The molecule has 24 heavy (non-hydrogen) atoms. The van der Waals surface area contributed by atoms with Crippen LogP contribution in [-0.4, -0.2) is 48.8 Å². The van der Waals surface area contributed by atoms with Gasteiger partial charge >= 0.3 is 5.97 Å². The Morgan fingerprint density at radius 2 is 1.92 bits per heavy atom. The molecular formula is C15H19N3O5S. The van der Waals surface area contributed by atoms with Crippen LogP contribution in [0.3, 0.4) is 0 Å². The van der Waals surface area contributed by atoms with Gasteiger partial charge in [0.2, 0.25) is 15.9 Å². The Balaban J connectivity index is 2.97. The molecule has 0 aromatic heterocycles. The van der Waals surface area contributed by atoms with E-state index in [4.69, 9.17) is 10.4 Å². The quantitative estimate of drug-likeness (QED) is 0.692. The van der Waals surface area contributed by atoms with E-state index < -0.39 is 27.8 Å². The fourth-order valence-electron chi connectivity index (χ4n) is 2.01. The van der Waals surface area contributed by atoms with E-state index in [1.54, 1.807) is 0 Å². The highest BCUT2D eigenvalue weighted by Gasteiger charge is 2.31. The molecule has 130 valence electrons. The Hall–Kier alpha value is -2.44. The third-order valence-electron chi connectivity index (χ3n) is 3.28. The number of carbonyl (C=O) groups excluding carboxylic acids is 1. The lowest BCUT2D eigenvalue weighted by Gasteiger charge is -2.25. The van der Waals surface area contributed by atoms with Crippen LogP contribution in [0.4, 0.5) is 0 Å². The molecule has 0 radical (unpaired) electrons. The maximum absolute atomic E-state index is 12.6. The zero-order valence-corrected chi connectivity index (χ0v) is 14.2. The molecule has 0 bridgehead atoms. The summed E-state index contributed by atoms with van der Waals surface area (Å²) in [4.78, 5) is 22.1. The topological polar surface area (TPSA) is 128 Å². The summed E-state index contributed by atoms with van der Waals surface area (Å²) in [5.74, 6) is -2.00. The molecule has 1 rings (SSSR count). The summed E-state index contributed by atoms with van der Waals surface area (Å²) in [5.41, 5.74) is 0.841. The van der Waals surface area contributed by atoms with Crippen molar-refractivity contribution < 1.29 is 23.1 Å². The molecule has 0 heterocycles. The van der Waals surface area contributed by atoms with E-state index in [0.29, 0.717) is 11.1 Å². The van der Waals surface area contributed by atoms with Crippen molar-refractivity contribution in [1.82, 2.24) is 9.62 Å². The van der Waals surface area contributed by atoms with E-state index >= 15 is 0 Å². The highest BCUT2D eigenvalue weighted by atomic mass is 32.2. The first-order valence-electron chi connectivity index (χ1n) is 7.13. The van der Waals surface area contributed by atoms with Crippen LogP contribution < -0.4 is 5.32 Å². The Kier molecular flexibility index (Phi) is 6.88. The predicted octanol–water partition coefficient (Wildman–Crippen LogP) is 0.299. The van der Waals surface area contributed by atoms with Crippen LogP contribution in [0.2, 0.25) is 0 Å². The molecule has 0 aliphatic rings. The molecule has 0 aliphatic carbocycles. The Morgan fingerprint density at radius 1 is 1.33 bits per heavy atom. The lowest BCUT2D eigenvalue weighted by atomic mass is 10.2. The second-order valence-electron chi connectivity index (χ2n) is 5.17. The molecule has 0 spiro atoms. The van der Waals surface area contributed by atoms with Crippen molar-refractivity contribution in [2.45, 2.75) is 25.6 Å². The number of carboxylic acid groups (broad SMARTS) is 1. The minimum absolute atomic E-state index is 0.0134. The maximum atomic E-state index is 12.6. The smallest absolute Gasteiger partial charge is 0.321 e. The van der Waals surface area contributed by atoms with Crippen molar-refractivity contribution >= 4 is 21.9 Å². The van der Waals surface area contributed by atoms with E-state index in [9.17, 15) is 18.0 Å². The van der Waals surface area contributed by atoms with Gasteiger partial charge in [0, 0.05) is 20.0 Å². The molecule has 1 aromatic rings. The molecule has 0 saturated heterocycles. The second-order valence-corrected chi connectivity index (χ2v) is 7.09. The fourth-order valence-corrected chi connectivity index (χ4v) is 3.73. The van der Waals surface area contributed by atoms with Gasteiger partial charge in [-0.3, -0.25) is 9.59 Å². The van der Waals surface area contributed by atoms with E-state index in [1.165, 1.54) is 38.1 Å². The molecule has 1 aromatic carbocycles. The summed E-state index contributed by atoms with van der Waals surface area (Å²) < 4.78 is 26.0. The van der Waals surface area contributed by atoms with Gasteiger partial charge < -0.3 is 10.4 Å². The van der Waals surface area contributed by atoms with Gasteiger partial charge in [0.05, 0.1) is 17.4 Å². The largest absolute Gasteiger partial charge is 0.480 e. The number of carboxylic acids is 1. The molecule has 8 nitrogen and oxygen atoms in total. The average Bonchev–Trinajstić information content (AvgIpc) is 2.50. The van der Waals surface area contributed by atoms with E-state index in [1.807, 2.05) is 6.07 Å². The summed E-state index contributed by atoms with van der Waals surface area (Å²) >= 11 is 0. The number of carbonyl (C=O) groups is 2. The minimum Gasteiger partial charge on any atom is -0.480 e. The molecule has 1 unspecified atom stereocenters. The van der Waals surface area contributed by atoms with Gasteiger partial charge in [-0.2, -0.15) is 9.57 Å². The van der Waals surface area contributed by atoms with Crippen molar-refractivity contribution in [1.29, 1.82) is 5.26 Å². The highest BCUT2D eigenvalue weighted by Crippen LogP contribution is 2.15. The van der Waals surface area contributed by atoms with E-state index in [2.05, 4.69) is 5.32 Å². The number of hydrogen-bond donors (Lipinski definition) is 2. The number of nitrogens with one attached hydrogen (secondary N) is 1. The summed E-state index contributed by atoms with van der Waals surface area (Å²) in [6.07, 6.45) is 0. The minimum atomic E-state index is -3.92. The molecule has 1 atom stereocenters. The molecule has 9 heteroatoms. The van der Waals surface area contributed by atoms with Crippen molar-refractivity contribution in [2.75, 3.05) is 13.1 Å². The third kappa shape index (κ3) is 5.64. The van der Waals surface area contributed by atoms with Crippen molar-refractivity contribution in [3.63, 3.8) is 0 Å². The van der Waals surface area contributed by atoms with Gasteiger partial charge in [-0.25, -0.2) is 8.42 Å². The zero-order chi connectivity index (χ0) is 18.3. The first-order valence-corrected chi connectivity index (χ1v) is 8.74. The van der Waals surface area contributed by atoms with Crippen LogP contribution in [0.5, 0.6) is 0 Å². The number of benzene rings is 1. The van der Waals surface area contributed by atoms with Gasteiger partial charge in [-0.15, -0.1) is 0 Å². The lowest BCUT2D eigenvalue weighted by molar-refractivity contribution is -0.140. The first-order chi connectivity index (χ1) is 11.2. The monoisotopic (exact) mass is 353 g/mol. The SMILES string of the molecule is CC(=O)NCCN(C(C)C(=O)O)S(=O)(=O)Cc1ccc(C#N)cc1. The third-order valence-corrected chi connectivity index (χ3v) is 5.20. The van der Waals surface area contributed by atoms with Gasteiger partial charge in [0.1, 0.15) is 6.04 Å². The normalized spacial score (nSPS) is 12.4. The van der Waals surface area contributed by atoms with Gasteiger partial charge in [0.15, 0.2) is 0 Å². The number of aliphatic carboxylic acids is 1. The average molecular weight is 353 g/mol. The Bertz CT molecular complexity index is 737. The van der Waals surface area contributed by atoms with Crippen molar-refractivity contribution in [3.05, 3.63) is 35.4 Å². The van der Waals surface area contributed by atoms with Crippen LogP contribution in [0.25, 0.3) is 0 Å². The Morgan fingerprint density at radius 3 is 2.38 bits per heavy atom. The number of nitrogens with zero attached hydrogens (tertiary/aromatic N) is 2. The Labute approximate surface area is 140 Å². The summed E-state index contributed by atoms with van der Waals surface area (Å²) in [5, 5.41) is 20.3. The van der Waals surface area contributed by atoms with Crippen molar-refractivity contribution in [3.8, 4) is 6.07 Å². The number of sulfonamides is 1. The van der Waals surface area contributed by atoms with Crippen LogP contribution in [0, 0.1) is 11.3 Å². The van der Waals surface area contributed by atoms with Gasteiger partial charge in [0.25, 0.3) is 0 Å². The standard InChI is InChI=1S/C15H19N3O5S/c1-11(15(20)21)18(8-7-17-12(2)19)24(22,23)10-14-5-3-13(9-16)4-6-14/h3-6,11H,7-8,10H2,1-2H3,(H,17,19)(H,20,21). The summed E-state index contributed by atoms with van der Waals surface area (Å²) in [6, 6.07) is 6.67. The molecule has 0 fully saturated rings. The molecule has 2 N–H and O–H groups in total. The lowest BCUT2D eigenvalue weighted by Crippen LogP contribution is -2.47. The molecular weight excluding hydrogens is 334 g/mol. The first kappa shape index (κ1) is 19.6. The van der Waals surface area contributed by atoms with Gasteiger partial charge in [-0.1, -0.05) is 12.1 Å².